The highest BCUT2D eigenvalue weighted by atomic mass is 16.3. The fourth-order valence-electron chi connectivity index (χ4n) is 2.98. The Morgan fingerprint density at radius 2 is 2.00 bits per heavy atom. The Morgan fingerprint density at radius 1 is 1.32 bits per heavy atom. The van der Waals surface area contributed by atoms with Crippen molar-refractivity contribution in [2.75, 3.05) is 20.6 Å². The van der Waals surface area contributed by atoms with Crippen molar-refractivity contribution >= 4 is 5.91 Å². The van der Waals surface area contributed by atoms with Crippen LogP contribution in [0.25, 0.3) is 0 Å². The summed E-state index contributed by atoms with van der Waals surface area (Å²) in [7, 11) is 4.38. The first-order valence-electron chi connectivity index (χ1n) is 7.19. The summed E-state index contributed by atoms with van der Waals surface area (Å²) in [6, 6.07) is 3.56. The maximum Gasteiger partial charge on any atom is 0.287 e. The van der Waals surface area contributed by atoms with Gasteiger partial charge in [-0.05, 0) is 31.9 Å². The summed E-state index contributed by atoms with van der Waals surface area (Å²) in [4.78, 5) is 13.5. The molecule has 1 aliphatic carbocycles. The quantitative estimate of drug-likeness (QED) is 0.858. The van der Waals surface area contributed by atoms with Gasteiger partial charge in [-0.2, -0.15) is 0 Å². The molecule has 0 saturated heterocycles. The summed E-state index contributed by atoms with van der Waals surface area (Å²) in [5, 5.41) is 3.05. The average Bonchev–Trinajstić information content (AvgIpc) is 2.83. The van der Waals surface area contributed by atoms with E-state index in [0.29, 0.717) is 5.76 Å². The minimum absolute atomic E-state index is 0.0979. The average molecular weight is 265 g/mol. The molecular weight excluding hydrogens is 240 g/mol. The third-order valence-electron chi connectivity index (χ3n) is 4.42. The lowest BCUT2D eigenvalue weighted by Gasteiger charge is -2.39. The molecule has 0 bridgehead atoms. The zero-order valence-corrected chi connectivity index (χ0v) is 12.2. The smallest absolute Gasteiger partial charge is 0.287 e. The maximum atomic E-state index is 12.1. The van der Waals surface area contributed by atoms with Gasteiger partial charge in [0.15, 0.2) is 5.76 Å². The van der Waals surface area contributed by atoms with Crippen LogP contribution in [0.1, 0.15) is 48.4 Å². The van der Waals surface area contributed by atoms with Gasteiger partial charge < -0.3 is 14.6 Å². The van der Waals surface area contributed by atoms with E-state index in [2.05, 4.69) is 19.4 Å². The second-order valence-corrected chi connectivity index (χ2v) is 5.93. The number of hydrogen-bond acceptors (Lipinski definition) is 2. The molecule has 2 N–H and O–H groups in total. The van der Waals surface area contributed by atoms with Crippen molar-refractivity contribution in [3.05, 3.63) is 23.7 Å². The van der Waals surface area contributed by atoms with Gasteiger partial charge in [0.2, 0.25) is 0 Å². The molecule has 4 nitrogen and oxygen atoms in total. The Bertz CT molecular complexity index is 431. The van der Waals surface area contributed by atoms with E-state index in [1.165, 1.54) is 37.0 Å². The number of nitrogens with one attached hydrogen (secondary N) is 2. The van der Waals surface area contributed by atoms with Crippen LogP contribution in [0.5, 0.6) is 0 Å². The number of furan rings is 1. The lowest BCUT2D eigenvalue weighted by molar-refractivity contribution is -0.916. The molecule has 1 fully saturated rings. The van der Waals surface area contributed by atoms with Gasteiger partial charge in [-0.3, -0.25) is 4.79 Å². The van der Waals surface area contributed by atoms with Gasteiger partial charge in [0.05, 0.1) is 20.6 Å². The maximum absolute atomic E-state index is 12.1. The zero-order chi connectivity index (χ0) is 13.9. The van der Waals surface area contributed by atoms with Gasteiger partial charge in [-0.15, -0.1) is 0 Å². The van der Waals surface area contributed by atoms with Crippen LogP contribution in [0.15, 0.2) is 16.5 Å². The van der Waals surface area contributed by atoms with Crippen molar-refractivity contribution in [2.45, 2.75) is 44.6 Å². The largest absolute Gasteiger partial charge is 0.456 e. The Kier molecular flexibility index (Phi) is 4.30. The van der Waals surface area contributed by atoms with E-state index < -0.39 is 0 Å². The van der Waals surface area contributed by atoms with E-state index in [1.807, 2.05) is 13.0 Å². The van der Waals surface area contributed by atoms with Crippen LogP contribution >= 0.6 is 0 Å². The molecule has 4 heteroatoms. The van der Waals surface area contributed by atoms with E-state index in [9.17, 15) is 4.79 Å². The number of rotatable bonds is 4. The Labute approximate surface area is 115 Å². The summed E-state index contributed by atoms with van der Waals surface area (Å²) in [6.07, 6.45) is 6.22. The highest BCUT2D eigenvalue weighted by Gasteiger charge is 2.38. The van der Waals surface area contributed by atoms with Crippen LogP contribution in [-0.2, 0) is 0 Å². The Balaban J connectivity index is 1.97. The summed E-state index contributed by atoms with van der Waals surface area (Å²) < 4.78 is 5.36. The highest BCUT2D eigenvalue weighted by Crippen LogP contribution is 2.25. The van der Waals surface area contributed by atoms with Crippen LogP contribution < -0.4 is 10.2 Å². The van der Waals surface area contributed by atoms with Crippen LogP contribution in [0.4, 0.5) is 0 Å². The van der Waals surface area contributed by atoms with Gasteiger partial charge in [-0.1, -0.05) is 6.42 Å². The fraction of sp³-hybridized carbons (Fsp3) is 0.667. The standard InChI is InChI=1S/C15H24N2O2/c1-12-7-8-13(19-12)14(18)16-11-15(17(2)3)9-5-4-6-10-15/h7-8H,4-6,9-11H2,1-3H3,(H,16,18)/p+1. The molecule has 0 spiro atoms. The first kappa shape index (κ1) is 14.1. The minimum Gasteiger partial charge on any atom is -0.456 e. The molecule has 1 aliphatic rings. The van der Waals surface area contributed by atoms with Crippen molar-refractivity contribution in [1.82, 2.24) is 5.32 Å². The lowest BCUT2D eigenvalue weighted by atomic mass is 9.80. The van der Waals surface area contributed by atoms with E-state index in [0.717, 1.165) is 12.3 Å². The molecule has 0 atom stereocenters. The van der Waals surface area contributed by atoms with Crippen molar-refractivity contribution in [3.8, 4) is 0 Å². The van der Waals surface area contributed by atoms with Crippen molar-refractivity contribution in [1.29, 1.82) is 0 Å². The van der Waals surface area contributed by atoms with E-state index in [-0.39, 0.29) is 11.4 Å². The van der Waals surface area contributed by atoms with Gasteiger partial charge in [-0.25, -0.2) is 0 Å². The molecule has 0 radical (unpaired) electrons. The predicted octanol–water partition coefficient (Wildman–Crippen LogP) is 1.17. The van der Waals surface area contributed by atoms with E-state index in [1.54, 1.807) is 6.07 Å². The normalized spacial score (nSPS) is 18.5. The second kappa shape index (κ2) is 5.78. The summed E-state index contributed by atoms with van der Waals surface area (Å²) >= 11 is 0. The van der Waals surface area contributed by atoms with Gasteiger partial charge in [0, 0.05) is 12.8 Å². The lowest BCUT2D eigenvalue weighted by Crippen LogP contribution is -3.16. The number of hydrogen-bond donors (Lipinski definition) is 2. The summed E-state index contributed by atoms with van der Waals surface area (Å²) in [5.41, 5.74) is 0.190. The number of aryl methyl sites for hydroxylation is 1. The van der Waals surface area contributed by atoms with Gasteiger partial charge in [0.25, 0.3) is 5.91 Å². The zero-order valence-electron chi connectivity index (χ0n) is 12.2. The molecule has 2 rings (SSSR count). The molecule has 1 saturated carbocycles. The molecule has 106 valence electrons. The topological polar surface area (TPSA) is 46.7 Å². The van der Waals surface area contributed by atoms with E-state index >= 15 is 0 Å². The van der Waals surface area contributed by atoms with Crippen LogP contribution in [0.2, 0.25) is 0 Å². The highest BCUT2D eigenvalue weighted by molar-refractivity contribution is 5.91. The van der Waals surface area contributed by atoms with Gasteiger partial charge >= 0.3 is 0 Å². The van der Waals surface area contributed by atoms with Crippen LogP contribution in [0.3, 0.4) is 0 Å². The molecule has 1 aromatic heterocycles. The van der Waals surface area contributed by atoms with Gasteiger partial charge in [0.1, 0.15) is 11.3 Å². The first-order chi connectivity index (χ1) is 9.03. The number of amides is 1. The minimum atomic E-state index is -0.0979. The third-order valence-corrected chi connectivity index (χ3v) is 4.42. The molecule has 19 heavy (non-hydrogen) atoms. The number of carbonyl (C=O) groups is 1. The molecule has 0 aromatic carbocycles. The molecule has 1 amide bonds. The molecule has 1 aromatic rings. The van der Waals surface area contributed by atoms with Crippen molar-refractivity contribution in [2.24, 2.45) is 0 Å². The van der Waals surface area contributed by atoms with Crippen molar-refractivity contribution in [3.63, 3.8) is 0 Å². The number of quaternary nitrogens is 1. The molecular formula is C15H25N2O2+. The number of likely N-dealkylation sites (N-methyl/N-ethyl adjacent to an activating group) is 1. The molecule has 1 heterocycles. The predicted molar refractivity (Wildman–Crippen MR) is 74.4 cm³/mol. The molecule has 0 aliphatic heterocycles. The number of carbonyl (C=O) groups excluding carboxylic acids is 1. The van der Waals surface area contributed by atoms with E-state index in [4.69, 9.17) is 4.42 Å². The summed E-state index contributed by atoms with van der Waals surface area (Å²) in [5.74, 6) is 1.09. The Morgan fingerprint density at radius 3 is 2.53 bits per heavy atom. The monoisotopic (exact) mass is 265 g/mol. The first-order valence-corrected chi connectivity index (χ1v) is 7.19. The second-order valence-electron chi connectivity index (χ2n) is 5.93. The SMILES string of the molecule is Cc1ccc(C(=O)NCC2([NH+](C)C)CCCCC2)o1. The van der Waals surface area contributed by atoms with Crippen molar-refractivity contribution < 1.29 is 14.1 Å². The third kappa shape index (κ3) is 3.18. The van der Waals surface area contributed by atoms with Crippen LogP contribution in [-0.4, -0.2) is 32.1 Å². The molecule has 0 unspecified atom stereocenters. The van der Waals surface area contributed by atoms with Crippen LogP contribution in [0, 0.1) is 6.92 Å². The summed E-state index contributed by atoms with van der Waals surface area (Å²) in [6.45, 7) is 2.58. The fourth-order valence-corrected chi connectivity index (χ4v) is 2.98. The Hall–Kier alpha value is -1.29.